The summed E-state index contributed by atoms with van der Waals surface area (Å²) in [6.45, 7) is 1.86. The number of alkyl halides is 3. The Labute approximate surface area is 106 Å². The van der Waals surface area contributed by atoms with Gasteiger partial charge < -0.3 is 5.32 Å². The van der Waals surface area contributed by atoms with E-state index in [9.17, 15) is 13.2 Å². The highest BCUT2D eigenvalue weighted by Crippen LogP contribution is 2.31. The predicted octanol–water partition coefficient (Wildman–Crippen LogP) is 4.34. The molecule has 1 unspecified atom stereocenters. The van der Waals surface area contributed by atoms with E-state index in [0.717, 1.165) is 17.8 Å². The number of anilines is 1. The van der Waals surface area contributed by atoms with Crippen molar-refractivity contribution in [3.8, 4) is 0 Å². The Morgan fingerprint density at radius 3 is 2.72 bits per heavy atom. The lowest BCUT2D eigenvalue weighted by molar-refractivity contribution is -0.137. The highest BCUT2D eigenvalue weighted by Gasteiger charge is 2.30. The first-order valence-corrected chi connectivity index (χ1v) is 6.23. The van der Waals surface area contributed by atoms with Crippen molar-refractivity contribution < 1.29 is 13.2 Å². The van der Waals surface area contributed by atoms with E-state index in [2.05, 4.69) is 10.3 Å². The molecule has 1 N–H and O–H groups in total. The fourth-order valence-corrected chi connectivity index (χ4v) is 2.19. The Hall–Kier alpha value is -1.56. The van der Waals surface area contributed by atoms with Crippen LogP contribution in [0.3, 0.4) is 0 Å². The van der Waals surface area contributed by atoms with E-state index in [1.54, 1.807) is 11.6 Å². The highest BCUT2D eigenvalue weighted by molar-refractivity contribution is 7.07. The third-order valence-corrected chi connectivity index (χ3v) is 3.07. The van der Waals surface area contributed by atoms with Gasteiger partial charge in [-0.15, -0.1) is 11.3 Å². The minimum atomic E-state index is -4.32. The van der Waals surface area contributed by atoms with Crippen molar-refractivity contribution in [1.82, 2.24) is 4.98 Å². The van der Waals surface area contributed by atoms with Gasteiger partial charge in [-0.2, -0.15) is 13.2 Å². The summed E-state index contributed by atoms with van der Waals surface area (Å²) < 4.78 is 37.6. The van der Waals surface area contributed by atoms with Gasteiger partial charge in [0, 0.05) is 11.1 Å². The molecule has 0 aliphatic rings. The first-order chi connectivity index (χ1) is 8.47. The van der Waals surface area contributed by atoms with Crippen LogP contribution in [0.5, 0.6) is 0 Å². The van der Waals surface area contributed by atoms with Crippen molar-refractivity contribution in [3.05, 3.63) is 46.4 Å². The zero-order valence-electron chi connectivity index (χ0n) is 9.53. The molecule has 1 atom stereocenters. The standard InChI is InChI=1S/C12H11F3N2S/c1-8(11-6-18-7-16-11)17-10-4-2-3-9(5-10)12(13,14)15/h2-8,17H,1H3. The molecule has 0 aliphatic heterocycles. The molecule has 18 heavy (non-hydrogen) atoms. The molecule has 0 saturated carbocycles. The Balaban J connectivity index is 2.15. The molecule has 2 aromatic rings. The summed E-state index contributed by atoms with van der Waals surface area (Å²) in [4.78, 5) is 4.12. The van der Waals surface area contributed by atoms with Gasteiger partial charge in [0.2, 0.25) is 0 Å². The van der Waals surface area contributed by atoms with Crippen LogP contribution in [0.1, 0.15) is 24.2 Å². The summed E-state index contributed by atoms with van der Waals surface area (Å²) in [5.74, 6) is 0. The van der Waals surface area contributed by atoms with Crippen LogP contribution in [-0.2, 0) is 6.18 Å². The van der Waals surface area contributed by atoms with Gasteiger partial charge in [0.15, 0.2) is 0 Å². The van der Waals surface area contributed by atoms with E-state index in [1.165, 1.54) is 17.4 Å². The second-order valence-corrected chi connectivity index (χ2v) is 4.58. The molecule has 6 heteroatoms. The van der Waals surface area contributed by atoms with Crippen molar-refractivity contribution in [3.63, 3.8) is 0 Å². The Kier molecular flexibility index (Phi) is 3.56. The van der Waals surface area contributed by atoms with Gasteiger partial charge in [-0.05, 0) is 25.1 Å². The number of aromatic nitrogens is 1. The average molecular weight is 272 g/mol. The Bertz CT molecular complexity index is 508. The van der Waals surface area contributed by atoms with E-state index in [0.29, 0.717) is 5.69 Å². The van der Waals surface area contributed by atoms with Crippen LogP contribution < -0.4 is 5.32 Å². The number of thiazole rings is 1. The summed E-state index contributed by atoms with van der Waals surface area (Å²) in [6, 6.07) is 5.03. The molecule has 2 rings (SSSR count). The number of hydrogen-bond donors (Lipinski definition) is 1. The van der Waals surface area contributed by atoms with Crippen molar-refractivity contribution in [2.75, 3.05) is 5.32 Å². The molecule has 0 bridgehead atoms. The lowest BCUT2D eigenvalue weighted by atomic mass is 10.1. The predicted molar refractivity (Wildman–Crippen MR) is 65.6 cm³/mol. The topological polar surface area (TPSA) is 24.9 Å². The summed E-state index contributed by atoms with van der Waals surface area (Å²) in [6.07, 6.45) is -4.32. The first kappa shape index (κ1) is 12.9. The van der Waals surface area contributed by atoms with Crippen molar-refractivity contribution in [2.24, 2.45) is 0 Å². The number of nitrogens with zero attached hydrogens (tertiary/aromatic N) is 1. The molecule has 1 heterocycles. The van der Waals surface area contributed by atoms with Crippen LogP contribution >= 0.6 is 11.3 Å². The van der Waals surface area contributed by atoms with E-state index >= 15 is 0 Å². The van der Waals surface area contributed by atoms with E-state index < -0.39 is 11.7 Å². The van der Waals surface area contributed by atoms with Crippen LogP contribution in [0, 0.1) is 0 Å². The molecular formula is C12H11F3N2S. The van der Waals surface area contributed by atoms with Gasteiger partial charge in [0.25, 0.3) is 0 Å². The zero-order valence-corrected chi connectivity index (χ0v) is 10.3. The lowest BCUT2D eigenvalue weighted by Gasteiger charge is -2.14. The molecule has 0 saturated heterocycles. The number of benzene rings is 1. The molecule has 0 aliphatic carbocycles. The van der Waals surface area contributed by atoms with Crippen LogP contribution in [0.25, 0.3) is 0 Å². The van der Waals surface area contributed by atoms with Gasteiger partial charge >= 0.3 is 6.18 Å². The monoisotopic (exact) mass is 272 g/mol. The maximum Gasteiger partial charge on any atom is 0.416 e. The number of rotatable bonds is 3. The first-order valence-electron chi connectivity index (χ1n) is 5.28. The Morgan fingerprint density at radius 2 is 2.11 bits per heavy atom. The van der Waals surface area contributed by atoms with Crippen molar-refractivity contribution in [2.45, 2.75) is 19.1 Å². The third-order valence-electron chi connectivity index (χ3n) is 2.47. The molecule has 2 nitrogen and oxygen atoms in total. The molecule has 0 spiro atoms. The highest BCUT2D eigenvalue weighted by atomic mass is 32.1. The minimum absolute atomic E-state index is 0.125. The summed E-state index contributed by atoms with van der Waals surface area (Å²) >= 11 is 1.45. The summed E-state index contributed by atoms with van der Waals surface area (Å²) in [7, 11) is 0. The van der Waals surface area contributed by atoms with Gasteiger partial charge in [-0.3, -0.25) is 0 Å². The quantitative estimate of drug-likeness (QED) is 0.899. The average Bonchev–Trinajstić information content (AvgIpc) is 2.81. The minimum Gasteiger partial charge on any atom is -0.377 e. The van der Waals surface area contributed by atoms with Gasteiger partial charge in [-0.25, -0.2) is 4.98 Å². The molecule has 1 aromatic heterocycles. The number of halogens is 3. The zero-order chi connectivity index (χ0) is 13.2. The van der Waals surface area contributed by atoms with Crippen molar-refractivity contribution >= 4 is 17.0 Å². The lowest BCUT2D eigenvalue weighted by Crippen LogP contribution is -2.09. The molecule has 96 valence electrons. The third kappa shape index (κ3) is 3.01. The van der Waals surface area contributed by atoms with E-state index in [-0.39, 0.29) is 6.04 Å². The van der Waals surface area contributed by atoms with Gasteiger partial charge in [-0.1, -0.05) is 6.07 Å². The number of nitrogens with one attached hydrogen (secondary N) is 1. The molecule has 1 aromatic carbocycles. The van der Waals surface area contributed by atoms with Gasteiger partial charge in [0.05, 0.1) is 22.8 Å². The molecule has 0 radical (unpaired) electrons. The SMILES string of the molecule is CC(Nc1cccc(C(F)(F)F)c1)c1cscn1. The largest absolute Gasteiger partial charge is 0.416 e. The molecule has 0 fully saturated rings. The van der Waals surface area contributed by atoms with Gasteiger partial charge in [0.1, 0.15) is 0 Å². The van der Waals surface area contributed by atoms with Crippen LogP contribution in [0.2, 0.25) is 0 Å². The fourth-order valence-electron chi connectivity index (χ4n) is 1.54. The number of hydrogen-bond acceptors (Lipinski definition) is 3. The Morgan fingerprint density at radius 1 is 1.33 bits per heavy atom. The summed E-state index contributed by atoms with van der Waals surface area (Å²) in [5, 5.41) is 4.87. The maximum absolute atomic E-state index is 12.5. The normalized spacial score (nSPS) is 13.3. The van der Waals surface area contributed by atoms with Crippen LogP contribution in [0.15, 0.2) is 35.2 Å². The fraction of sp³-hybridized carbons (Fsp3) is 0.250. The van der Waals surface area contributed by atoms with E-state index in [1.807, 2.05) is 12.3 Å². The van der Waals surface area contributed by atoms with Crippen LogP contribution in [-0.4, -0.2) is 4.98 Å². The second kappa shape index (κ2) is 4.97. The maximum atomic E-state index is 12.5. The molecular weight excluding hydrogens is 261 g/mol. The van der Waals surface area contributed by atoms with Crippen molar-refractivity contribution in [1.29, 1.82) is 0 Å². The molecule has 0 amide bonds. The van der Waals surface area contributed by atoms with Crippen LogP contribution in [0.4, 0.5) is 18.9 Å². The van der Waals surface area contributed by atoms with E-state index in [4.69, 9.17) is 0 Å². The smallest absolute Gasteiger partial charge is 0.377 e. The summed E-state index contributed by atoms with van der Waals surface area (Å²) in [5.41, 5.74) is 2.29. The second-order valence-electron chi connectivity index (χ2n) is 3.86.